The van der Waals surface area contributed by atoms with E-state index in [-0.39, 0.29) is 11.4 Å². The van der Waals surface area contributed by atoms with E-state index in [4.69, 9.17) is 5.73 Å². The minimum absolute atomic E-state index is 0.226. The highest BCUT2D eigenvalue weighted by Gasteiger charge is 2.23. The van der Waals surface area contributed by atoms with Gasteiger partial charge in [0.2, 0.25) is 5.91 Å². The molecule has 1 heterocycles. The Morgan fingerprint density at radius 3 is 2.62 bits per heavy atom. The molecule has 16 heavy (non-hydrogen) atoms. The van der Waals surface area contributed by atoms with Gasteiger partial charge in [0.15, 0.2) is 0 Å². The van der Waals surface area contributed by atoms with Crippen molar-refractivity contribution in [1.29, 1.82) is 0 Å². The normalized spacial score (nSPS) is 23.0. The van der Waals surface area contributed by atoms with Crippen LogP contribution in [-0.2, 0) is 4.79 Å². The van der Waals surface area contributed by atoms with Crippen LogP contribution in [0.2, 0.25) is 0 Å². The molecule has 0 bridgehead atoms. The van der Waals surface area contributed by atoms with Crippen molar-refractivity contribution < 1.29 is 4.79 Å². The Bertz CT molecular complexity index is 233. The molecule has 0 saturated carbocycles. The number of nitrogens with two attached hydrogens (primary N) is 1. The highest BCUT2D eigenvalue weighted by atomic mass is 16.2. The first-order chi connectivity index (χ1) is 7.42. The lowest BCUT2D eigenvalue weighted by Crippen LogP contribution is -2.41. The van der Waals surface area contributed by atoms with Gasteiger partial charge < -0.3 is 10.6 Å². The Labute approximate surface area is 99.4 Å². The maximum absolute atomic E-state index is 12.0. The Balaban J connectivity index is 2.45. The molecule has 1 amide bonds. The van der Waals surface area contributed by atoms with Gasteiger partial charge in [-0.15, -0.1) is 0 Å². The molecular weight excluding hydrogens is 200 g/mol. The number of hydrogen-bond acceptors (Lipinski definition) is 2. The lowest BCUT2D eigenvalue weighted by molar-refractivity contribution is -0.132. The molecule has 0 aromatic heterocycles. The molecule has 0 aromatic rings. The Morgan fingerprint density at radius 1 is 1.38 bits per heavy atom. The number of likely N-dealkylation sites (tertiary alicyclic amines) is 1. The highest BCUT2D eigenvalue weighted by Crippen LogP contribution is 2.21. The summed E-state index contributed by atoms with van der Waals surface area (Å²) in [4.78, 5) is 14.0. The summed E-state index contributed by atoms with van der Waals surface area (Å²) in [6.07, 6.45) is 5.28. The van der Waals surface area contributed by atoms with Crippen molar-refractivity contribution in [2.75, 3.05) is 13.1 Å². The second kappa shape index (κ2) is 5.67. The number of carbonyl (C=O) groups is 1. The zero-order chi connectivity index (χ0) is 12.2. The van der Waals surface area contributed by atoms with Crippen molar-refractivity contribution in [3.8, 4) is 0 Å². The largest absolute Gasteiger partial charge is 0.343 e. The van der Waals surface area contributed by atoms with Crippen molar-refractivity contribution in [1.82, 2.24) is 4.90 Å². The van der Waals surface area contributed by atoms with Crippen LogP contribution in [0.5, 0.6) is 0 Å². The van der Waals surface area contributed by atoms with Crippen molar-refractivity contribution >= 4 is 5.91 Å². The third-order valence-corrected chi connectivity index (χ3v) is 3.38. The Kier molecular flexibility index (Phi) is 4.78. The van der Waals surface area contributed by atoms with Crippen molar-refractivity contribution in [2.45, 2.75) is 58.4 Å². The Morgan fingerprint density at radius 2 is 2.06 bits per heavy atom. The van der Waals surface area contributed by atoms with Crippen molar-refractivity contribution in [3.63, 3.8) is 0 Å². The molecule has 94 valence electrons. The lowest BCUT2D eigenvalue weighted by Gasteiger charge is -2.25. The van der Waals surface area contributed by atoms with E-state index in [2.05, 4.69) is 6.92 Å². The predicted octanol–water partition coefficient (Wildman–Crippen LogP) is 2.15. The molecule has 3 nitrogen and oxygen atoms in total. The summed E-state index contributed by atoms with van der Waals surface area (Å²) in [6.45, 7) is 7.92. The van der Waals surface area contributed by atoms with E-state index < -0.39 is 0 Å². The van der Waals surface area contributed by atoms with Gasteiger partial charge in [-0.1, -0.05) is 13.3 Å². The summed E-state index contributed by atoms with van der Waals surface area (Å²) in [5.41, 5.74) is 5.51. The van der Waals surface area contributed by atoms with E-state index in [0.29, 0.717) is 6.42 Å². The molecule has 1 atom stereocenters. The van der Waals surface area contributed by atoms with Gasteiger partial charge in [0.05, 0.1) is 0 Å². The van der Waals surface area contributed by atoms with Gasteiger partial charge in [0.25, 0.3) is 0 Å². The molecule has 1 fully saturated rings. The minimum Gasteiger partial charge on any atom is -0.343 e. The minimum atomic E-state index is -0.381. The van der Waals surface area contributed by atoms with Gasteiger partial charge in [-0.25, -0.2) is 0 Å². The van der Waals surface area contributed by atoms with Gasteiger partial charge in [-0.05, 0) is 39.0 Å². The fourth-order valence-corrected chi connectivity index (χ4v) is 2.32. The number of amides is 1. The smallest absolute Gasteiger partial charge is 0.224 e. The maximum Gasteiger partial charge on any atom is 0.224 e. The fourth-order valence-electron chi connectivity index (χ4n) is 2.32. The third kappa shape index (κ3) is 4.52. The summed E-state index contributed by atoms with van der Waals surface area (Å²) in [5.74, 6) is 1.04. The first-order valence-electron chi connectivity index (χ1n) is 6.49. The molecule has 0 spiro atoms. The molecular formula is C13H26N2O. The first kappa shape index (κ1) is 13.5. The van der Waals surface area contributed by atoms with Crippen LogP contribution >= 0.6 is 0 Å². The van der Waals surface area contributed by atoms with Crippen molar-refractivity contribution in [3.05, 3.63) is 0 Å². The van der Waals surface area contributed by atoms with E-state index in [1.165, 1.54) is 12.8 Å². The zero-order valence-electron chi connectivity index (χ0n) is 11.0. The topological polar surface area (TPSA) is 46.3 Å². The summed E-state index contributed by atoms with van der Waals surface area (Å²) >= 11 is 0. The summed E-state index contributed by atoms with van der Waals surface area (Å²) in [5, 5.41) is 0. The second-order valence-corrected chi connectivity index (χ2v) is 5.75. The van der Waals surface area contributed by atoms with Crippen molar-refractivity contribution in [2.24, 2.45) is 11.7 Å². The van der Waals surface area contributed by atoms with Crippen LogP contribution in [0.15, 0.2) is 0 Å². The molecule has 3 heteroatoms. The third-order valence-electron chi connectivity index (χ3n) is 3.38. The average molecular weight is 226 g/mol. The van der Waals surface area contributed by atoms with E-state index in [1.807, 2.05) is 18.7 Å². The standard InChI is InChI=1S/C13H26N2O/c1-4-11-6-5-8-15(9-7-11)12(16)10-13(2,3)14/h11H,4-10,14H2,1-3H3. The molecule has 2 N–H and O–H groups in total. The van der Waals surface area contributed by atoms with Gasteiger partial charge in [-0.2, -0.15) is 0 Å². The molecule has 1 saturated heterocycles. The van der Waals surface area contributed by atoms with E-state index in [0.717, 1.165) is 31.8 Å². The zero-order valence-corrected chi connectivity index (χ0v) is 11.0. The molecule has 0 aliphatic carbocycles. The van der Waals surface area contributed by atoms with Crippen LogP contribution in [0.3, 0.4) is 0 Å². The van der Waals surface area contributed by atoms with Crippen LogP contribution in [0, 0.1) is 5.92 Å². The van der Waals surface area contributed by atoms with E-state index in [9.17, 15) is 4.79 Å². The summed E-state index contributed by atoms with van der Waals surface area (Å²) < 4.78 is 0. The number of hydrogen-bond donors (Lipinski definition) is 1. The second-order valence-electron chi connectivity index (χ2n) is 5.75. The molecule has 1 rings (SSSR count). The van der Waals surface area contributed by atoms with E-state index >= 15 is 0 Å². The quantitative estimate of drug-likeness (QED) is 0.801. The first-order valence-corrected chi connectivity index (χ1v) is 6.49. The SMILES string of the molecule is CCC1CCCN(C(=O)CC(C)(C)N)CC1. The fraction of sp³-hybridized carbons (Fsp3) is 0.923. The highest BCUT2D eigenvalue weighted by molar-refractivity contribution is 5.77. The summed E-state index contributed by atoms with van der Waals surface area (Å²) in [6, 6.07) is 0. The predicted molar refractivity (Wildman–Crippen MR) is 67.1 cm³/mol. The molecule has 0 radical (unpaired) electrons. The van der Waals surface area contributed by atoms with Gasteiger partial charge in [0.1, 0.15) is 0 Å². The van der Waals surface area contributed by atoms with Gasteiger partial charge in [0, 0.05) is 25.0 Å². The van der Waals surface area contributed by atoms with Crippen LogP contribution in [0.1, 0.15) is 52.9 Å². The Hall–Kier alpha value is -0.570. The maximum atomic E-state index is 12.0. The molecule has 0 aromatic carbocycles. The monoisotopic (exact) mass is 226 g/mol. The van der Waals surface area contributed by atoms with Gasteiger partial charge >= 0.3 is 0 Å². The lowest BCUT2D eigenvalue weighted by atomic mass is 9.98. The van der Waals surface area contributed by atoms with E-state index in [1.54, 1.807) is 0 Å². The molecule has 1 aliphatic rings. The number of carbonyl (C=O) groups excluding carboxylic acids is 1. The van der Waals surface area contributed by atoms with Crippen LogP contribution in [0.4, 0.5) is 0 Å². The van der Waals surface area contributed by atoms with Crippen LogP contribution in [0.25, 0.3) is 0 Å². The number of nitrogens with zero attached hydrogens (tertiary/aromatic N) is 1. The number of rotatable bonds is 3. The summed E-state index contributed by atoms with van der Waals surface area (Å²) in [7, 11) is 0. The molecule has 1 unspecified atom stereocenters. The van der Waals surface area contributed by atoms with Crippen LogP contribution in [-0.4, -0.2) is 29.4 Å². The molecule has 1 aliphatic heterocycles. The average Bonchev–Trinajstić information content (AvgIpc) is 2.39. The van der Waals surface area contributed by atoms with Gasteiger partial charge in [-0.3, -0.25) is 4.79 Å². The van der Waals surface area contributed by atoms with Crippen LogP contribution < -0.4 is 5.73 Å².